The lowest BCUT2D eigenvalue weighted by molar-refractivity contribution is -0.144. The van der Waals surface area contributed by atoms with Gasteiger partial charge in [0.1, 0.15) is 24.2 Å². The normalized spacial score (nSPS) is 15.7. The van der Waals surface area contributed by atoms with E-state index in [9.17, 15) is 39.0 Å². The molecular weight excluding hydrogens is 418 g/mol. The Morgan fingerprint density at radius 2 is 1.26 bits per heavy atom. The minimum atomic E-state index is -1.72. The number of aliphatic hydroxyl groups excluding tert-OH is 1. The van der Waals surface area contributed by atoms with E-state index in [2.05, 4.69) is 16.0 Å². The summed E-state index contributed by atoms with van der Waals surface area (Å²) >= 11 is 0. The number of carbonyl (C=O) groups excluding carboxylic acids is 4. The summed E-state index contributed by atoms with van der Waals surface area (Å²) in [6.07, 6.45) is -2.91. The van der Waals surface area contributed by atoms with Crippen molar-refractivity contribution in [1.29, 1.82) is 0 Å². The fourth-order valence-corrected chi connectivity index (χ4v) is 2.32. The van der Waals surface area contributed by atoms with Crippen LogP contribution in [0.3, 0.4) is 0 Å². The number of carbonyl (C=O) groups is 6. The Balaban J connectivity index is 5.56. The average molecular weight is 447 g/mol. The summed E-state index contributed by atoms with van der Waals surface area (Å²) in [7, 11) is 0. The second-order valence-corrected chi connectivity index (χ2v) is 7.23. The molecule has 0 fully saturated rings. The van der Waals surface area contributed by atoms with Crippen LogP contribution < -0.4 is 27.4 Å². The highest BCUT2D eigenvalue weighted by molar-refractivity contribution is 5.97. The van der Waals surface area contributed by atoms with Crippen molar-refractivity contribution in [1.82, 2.24) is 16.0 Å². The van der Waals surface area contributed by atoms with E-state index in [0.29, 0.717) is 0 Å². The topological polar surface area (TPSA) is 251 Å². The quantitative estimate of drug-likeness (QED) is 0.137. The number of rotatable bonds is 13. The molecular formula is C17H29N5O9. The van der Waals surface area contributed by atoms with Gasteiger partial charge in [-0.1, -0.05) is 13.8 Å². The predicted molar refractivity (Wildman–Crippen MR) is 104 cm³/mol. The van der Waals surface area contributed by atoms with Gasteiger partial charge in [0.05, 0.1) is 18.9 Å². The lowest BCUT2D eigenvalue weighted by Gasteiger charge is -2.25. The van der Waals surface area contributed by atoms with Crippen LogP contribution in [0.15, 0.2) is 0 Å². The zero-order valence-electron chi connectivity index (χ0n) is 17.3. The molecule has 0 heterocycles. The fourth-order valence-electron chi connectivity index (χ4n) is 2.32. The molecule has 0 aromatic rings. The van der Waals surface area contributed by atoms with Crippen molar-refractivity contribution in [3.8, 4) is 0 Å². The molecule has 0 spiro atoms. The fraction of sp³-hybridized carbons (Fsp3) is 0.647. The first kappa shape index (κ1) is 27.7. The number of carboxylic acids is 2. The molecule has 5 unspecified atom stereocenters. The summed E-state index contributed by atoms with van der Waals surface area (Å²) in [5.41, 5.74) is 10.5. The third kappa shape index (κ3) is 9.86. The second-order valence-electron chi connectivity index (χ2n) is 7.23. The lowest BCUT2D eigenvalue weighted by Crippen LogP contribution is -2.59. The Kier molecular flexibility index (Phi) is 11.1. The van der Waals surface area contributed by atoms with Gasteiger partial charge in [-0.25, -0.2) is 4.79 Å². The molecule has 10 N–H and O–H groups in total. The number of amides is 4. The maximum absolute atomic E-state index is 12.5. The Morgan fingerprint density at radius 1 is 0.806 bits per heavy atom. The van der Waals surface area contributed by atoms with Crippen LogP contribution in [0.5, 0.6) is 0 Å². The van der Waals surface area contributed by atoms with Crippen molar-refractivity contribution in [3.63, 3.8) is 0 Å². The number of aliphatic hydroxyl groups is 1. The van der Waals surface area contributed by atoms with Crippen molar-refractivity contribution in [2.45, 2.75) is 63.9 Å². The molecule has 0 aliphatic rings. The molecule has 31 heavy (non-hydrogen) atoms. The zero-order chi connectivity index (χ0) is 24.5. The monoisotopic (exact) mass is 447 g/mol. The minimum absolute atomic E-state index is 0.550. The van der Waals surface area contributed by atoms with E-state index in [1.54, 1.807) is 0 Å². The van der Waals surface area contributed by atoms with Gasteiger partial charge in [0, 0.05) is 0 Å². The highest BCUT2D eigenvalue weighted by atomic mass is 16.4. The molecule has 0 radical (unpaired) electrons. The molecule has 5 atom stereocenters. The van der Waals surface area contributed by atoms with Crippen LogP contribution in [-0.4, -0.2) is 81.2 Å². The molecule has 0 saturated carbocycles. The van der Waals surface area contributed by atoms with Gasteiger partial charge in [0.2, 0.25) is 23.6 Å². The number of hydrogen-bond donors (Lipinski definition) is 8. The van der Waals surface area contributed by atoms with E-state index < -0.39 is 84.6 Å². The molecule has 0 aromatic heterocycles. The Bertz CT molecular complexity index is 710. The molecule has 14 nitrogen and oxygen atoms in total. The van der Waals surface area contributed by atoms with Crippen molar-refractivity contribution < 1.29 is 44.1 Å². The third-order valence-electron chi connectivity index (χ3n) is 4.10. The summed E-state index contributed by atoms with van der Waals surface area (Å²) in [5.74, 6) is -7.63. The number of carboxylic acid groups (broad SMARTS) is 2. The molecule has 0 aromatic carbocycles. The van der Waals surface area contributed by atoms with Crippen molar-refractivity contribution in [2.24, 2.45) is 17.4 Å². The molecule has 14 heteroatoms. The maximum Gasteiger partial charge on any atom is 0.326 e. The molecule has 176 valence electrons. The first-order chi connectivity index (χ1) is 14.2. The van der Waals surface area contributed by atoms with Crippen LogP contribution >= 0.6 is 0 Å². The van der Waals surface area contributed by atoms with Crippen LogP contribution in [0.25, 0.3) is 0 Å². The first-order valence-electron chi connectivity index (χ1n) is 9.25. The first-order valence-corrected chi connectivity index (χ1v) is 9.25. The number of primary amides is 1. The summed E-state index contributed by atoms with van der Waals surface area (Å²) < 4.78 is 0. The van der Waals surface area contributed by atoms with Gasteiger partial charge < -0.3 is 42.7 Å². The smallest absolute Gasteiger partial charge is 0.326 e. The molecule has 4 amide bonds. The molecule has 0 aliphatic carbocycles. The highest BCUT2D eigenvalue weighted by Crippen LogP contribution is 2.05. The van der Waals surface area contributed by atoms with E-state index in [4.69, 9.17) is 16.6 Å². The Morgan fingerprint density at radius 3 is 1.65 bits per heavy atom. The zero-order valence-corrected chi connectivity index (χ0v) is 17.3. The van der Waals surface area contributed by atoms with Crippen molar-refractivity contribution in [2.75, 3.05) is 0 Å². The van der Waals surface area contributed by atoms with Gasteiger partial charge in [-0.15, -0.1) is 0 Å². The van der Waals surface area contributed by atoms with Crippen LogP contribution in [0.2, 0.25) is 0 Å². The summed E-state index contributed by atoms with van der Waals surface area (Å²) in [6, 6.07) is -6.14. The van der Waals surface area contributed by atoms with Gasteiger partial charge in [-0.05, 0) is 12.8 Å². The van der Waals surface area contributed by atoms with Crippen LogP contribution in [0.1, 0.15) is 33.6 Å². The number of hydrogen-bond acceptors (Lipinski definition) is 8. The maximum atomic E-state index is 12.5. The van der Waals surface area contributed by atoms with Crippen molar-refractivity contribution in [3.05, 3.63) is 0 Å². The Labute approximate surface area is 177 Å². The van der Waals surface area contributed by atoms with Gasteiger partial charge in [0.15, 0.2) is 0 Å². The van der Waals surface area contributed by atoms with Gasteiger partial charge >= 0.3 is 11.9 Å². The molecule has 0 aliphatic heterocycles. The molecule has 0 rings (SSSR count). The van der Waals surface area contributed by atoms with Crippen LogP contribution in [0.4, 0.5) is 0 Å². The Hall–Kier alpha value is -3.26. The largest absolute Gasteiger partial charge is 0.481 e. The van der Waals surface area contributed by atoms with Crippen LogP contribution in [0, 0.1) is 5.92 Å². The highest BCUT2D eigenvalue weighted by Gasteiger charge is 2.33. The second kappa shape index (κ2) is 12.4. The number of aliphatic carboxylic acids is 2. The summed E-state index contributed by atoms with van der Waals surface area (Å²) in [5, 5.41) is 33.9. The minimum Gasteiger partial charge on any atom is -0.481 e. The van der Waals surface area contributed by atoms with Gasteiger partial charge in [0.25, 0.3) is 0 Å². The summed E-state index contributed by atoms with van der Waals surface area (Å²) in [6.45, 7) is 4.23. The van der Waals surface area contributed by atoms with E-state index >= 15 is 0 Å². The SMILES string of the molecule is CC(C)C(NC(=O)C(CC(=O)O)NC(=O)C(CC(N)=O)NC(=O)C(N)C(C)O)C(=O)O. The van der Waals surface area contributed by atoms with Crippen LogP contribution in [-0.2, 0) is 28.8 Å². The molecule has 0 bridgehead atoms. The van der Waals surface area contributed by atoms with Gasteiger partial charge in [-0.3, -0.25) is 24.0 Å². The predicted octanol–water partition coefficient (Wildman–Crippen LogP) is -3.76. The van der Waals surface area contributed by atoms with E-state index in [1.165, 1.54) is 20.8 Å². The van der Waals surface area contributed by atoms with E-state index in [0.717, 1.165) is 0 Å². The van der Waals surface area contributed by atoms with Gasteiger partial charge in [-0.2, -0.15) is 0 Å². The number of nitrogens with one attached hydrogen (secondary N) is 3. The standard InChI is InChI=1S/C17H29N5O9/c1-6(2)13(17(30)31)22-15(28)9(5-11(25)26)20-14(27)8(4-10(18)24)21-16(29)12(19)7(3)23/h6-9,12-13,23H,4-5,19H2,1-3H3,(H2,18,24)(H,20,27)(H,21,29)(H,22,28)(H,25,26)(H,30,31). The lowest BCUT2D eigenvalue weighted by atomic mass is 10.0. The average Bonchev–Trinajstić information content (AvgIpc) is 2.62. The number of nitrogens with two attached hydrogens (primary N) is 2. The van der Waals surface area contributed by atoms with E-state index in [1.807, 2.05) is 0 Å². The third-order valence-corrected chi connectivity index (χ3v) is 4.10. The van der Waals surface area contributed by atoms with E-state index in [-0.39, 0.29) is 0 Å². The van der Waals surface area contributed by atoms with Crippen molar-refractivity contribution >= 4 is 35.6 Å². The summed E-state index contributed by atoms with van der Waals surface area (Å²) in [4.78, 5) is 70.6. The molecule has 0 saturated heterocycles.